The van der Waals surface area contributed by atoms with Crippen LogP contribution >= 0.6 is 0 Å². The quantitative estimate of drug-likeness (QED) is 0.484. The molecule has 36 heavy (non-hydrogen) atoms. The Hall–Kier alpha value is -2.98. The highest BCUT2D eigenvalue weighted by Crippen LogP contribution is 2.41. The highest BCUT2D eigenvalue weighted by atomic mass is 32.2. The summed E-state index contributed by atoms with van der Waals surface area (Å²) in [6.45, 7) is 6.28. The summed E-state index contributed by atoms with van der Waals surface area (Å²) in [5.41, 5.74) is 1.82. The first-order valence-corrected chi connectivity index (χ1v) is 13.8. The Morgan fingerprint density at radius 1 is 1.08 bits per heavy atom. The van der Waals surface area contributed by atoms with Crippen molar-refractivity contribution in [1.29, 1.82) is 0 Å². The predicted octanol–water partition coefficient (Wildman–Crippen LogP) is 2.45. The number of anilines is 1. The van der Waals surface area contributed by atoms with Crippen molar-refractivity contribution >= 4 is 21.6 Å². The molecule has 1 saturated heterocycles. The third kappa shape index (κ3) is 6.41. The van der Waals surface area contributed by atoms with Crippen molar-refractivity contribution in [2.75, 3.05) is 57.1 Å². The van der Waals surface area contributed by atoms with Crippen LogP contribution in [0.3, 0.4) is 0 Å². The minimum Gasteiger partial charge on any atom is -0.497 e. The first-order valence-electron chi connectivity index (χ1n) is 12.2. The highest BCUT2D eigenvalue weighted by Gasteiger charge is 2.32. The summed E-state index contributed by atoms with van der Waals surface area (Å²) in [5, 5.41) is 2.74. The number of methoxy groups -OCH3 is 1. The number of benzene rings is 2. The Balaban J connectivity index is 1.16. The van der Waals surface area contributed by atoms with Gasteiger partial charge < -0.3 is 24.4 Å². The first-order chi connectivity index (χ1) is 17.2. The molecule has 2 aromatic carbocycles. The summed E-state index contributed by atoms with van der Waals surface area (Å²) in [5.74, 6) is 1.72. The summed E-state index contributed by atoms with van der Waals surface area (Å²) in [4.78, 5) is 14.4. The second-order valence-corrected chi connectivity index (χ2v) is 11.8. The smallest absolute Gasteiger partial charge is 0.257 e. The molecule has 2 heterocycles. The fourth-order valence-corrected chi connectivity index (χ4v) is 6.01. The van der Waals surface area contributed by atoms with Crippen LogP contribution in [0.4, 0.5) is 5.69 Å². The molecule has 4 rings (SSSR count). The van der Waals surface area contributed by atoms with Crippen LogP contribution in [0, 0.1) is 0 Å². The maximum Gasteiger partial charge on any atom is 0.257 e. The van der Waals surface area contributed by atoms with Crippen molar-refractivity contribution in [3.63, 3.8) is 0 Å². The largest absolute Gasteiger partial charge is 0.497 e. The van der Waals surface area contributed by atoms with Gasteiger partial charge in [0.1, 0.15) is 11.4 Å². The molecule has 0 aliphatic carbocycles. The van der Waals surface area contributed by atoms with Crippen LogP contribution in [0.5, 0.6) is 17.2 Å². The monoisotopic (exact) mass is 517 g/mol. The lowest BCUT2D eigenvalue weighted by molar-refractivity contribution is -0.123. The van der Waals surface area contributed by atoms with Crippen LogP contribution in [0.1, 0.15) is 25.8 Å². The molecule has 10 heteroatoms. The number of nitrogens with zero attached hydrogens (tertiary/aromatic N) is 2. The SMILES string of the molecule is COc1ccc(N2CCN(S(=O)(=O)CCCNC(=O)COc3cccc4c3OC(C)(C)C4)CC2)cc1. The van der Waals surface area contributed by atoms with E-state index in [2.05, 4.69) is 10.2 Å². The van der Waals surface area contributed by atoms with Crippen LogP contribution < -0.4 is 24.4 Å². The summed E-state index contributed by atoms with van der Waals surface area (Å²) < 4.78 is 43.9. The topological polar surface area (TPSA) is 97.4 Å². The molecule has 1 fully saturated rings. The van der Waals surface area contributed by atoms with Crippen LogP contribution in [0.2, 0.25) is 0 Å². The molecule has 0 bridgehead atoms. The average Bonchev–Trinajstić information content (AvgIpc) is 3.20. The minimum absolute atomic E-state index is 0.00815. The number of rotatable bonds is 10. The summed E-state index contributed by atoms with van der Waals surface area (Å²) >= 11 is 0. The number of amides is 1. The lowest BCUT2D eigenvalue weighted by Gasteiger charge is -2.35. The molecule has 1 amide bonds. The molecule has 0 saturated carbocycles. The molecule has 2 aromatic rings. The van der Waals surface area contributed by atoms with Crippen molar-refractivity contribution < 1.29 is 27.4 Å². The fourth-order valence-electron chi connectivity index (χ4n) is 4.52. The molecule has 2 aliphatic heterocycles. The van der Waals surface area contributed by atoms with Gasteiger partial charge in [-0.1, -0.05) is 12.1 Å². The van der Waals surface area contributed by atoms with Gasteiger partial charge in [0, 0.05) is 50.4 Å². The number of hydrogen-bond donors (Lipinski definition) is 1. The van der Waals surface area contributed by atoms with Gasteiger partial charge in [0.2, 0.25) is 10.0 Å². The normalized spacial score (nSPS) is 17.2. The number of para-hydroxylation sites is 1. The van der Waals surface area contributed by atoms with E-state index in [1.807, 2.05) is 50.2 Å². The molecule has 0 unspecified atom stereocenters. The Morgan fingerprint density at radius 3 is 2.50 bits per heavy atom. The van der Waals surface area contributed by atoms with Gasteiger partial charge >= 0.3 is 0 Å². The van der Waals surface area contributed by atoms with Crippen molar-refractivity contribution in [2.45, 2.75) is 32.3 Å². The molecule has 0 atom stereocenters. The van der Waals surface area contributed by atoms with E-state index in [4.69, 9.17) is 14.2 Å². The van der Waals surface area contributed by atoms with Crippen molar-refractivity contribution in [3.8, 4) is 17.2 Å². The van der Waals surface area contributed by atoms with E-state index in [1.165, 1.54) is 4.31 Å². The van der Waals surface area contributed by atoms with Gasteiger partial charge in [0.25, 0.3) is 5.91 Å². The number of ether oxygens (including phenoxy) is 3. The number of fused-ring (bicyclic) bond motifs is 1. The van der Waals surface area contributed by atoms with E-state index in [-0.39, 0.29) is 30.4 Å². The number of carbonyl (C=O) groups is 1. The summed E-state index contributed by atoms with van der Waals surface area (Å²) in [6.07, 6.45) is 1.13. The van der Waals surface area contributed by atoms with Crippen molar-refractivity contribution in [1.82, 2.24) is 9.62 Å². The summed E-state index contributed by atoms with van der Waals surface area (Å²) in [7, 11) is -1.75. The van der Waals surface area contributed by atoms with E-state index in [0.29, 0.717) is 44.1 Å². The van der Waals surface area contributed by atoms with E-state index in [0.717, 1.165) is 23.4 Å². The number of carbonyl (C=O) groups excluding carboxylic acids is 1. The lowest BCUT2D eigenvalue weighted by Crippen LogP contribution is -2.49. The highest BCUT2D eigenvalue weighted by molar-refractivity contribution is 7.89. The zero-order chi connectivity index (χ0) is 25.8. The van der Waals surface area contributed by atoms with Crippen LogP contribution in [0.25, 0.3) is 0 Å². The fraction of sp³-hybridized carbons (Fsp3) is 0.500. The van der Waals surface area contributed by atoms with Crippen LogP contribution in [0.15, 0.2) is 42.5 Å². The number of hydrogen-bond acceptors (Lipinski definition) is 7. The van der Waals surface area contributed by atoms with Gasteiger partial charge in [-0.2, -0.15) is 4.31 Å². The number of piperazine rings is 1. The predicted molar refractivity (Wildman–Crippen MR) is 139 cm³/mol. The van der Waals surface area contributed by atoms with Gasteiger partial charge in [-0.3, -0.25) is 4.79 Å². The lowest BCUT2D eigenvalue weighted by atomic mass is 10.0. The van der Waals surface area contributed by atoms with Gasteiger partial charge in [-0.25, -0.2) is 8.42 Å². The Labute approximate surface area is 213 Å². The molecule has 0 radical (unpaired) electrons. The third-order valence-corrected chi connectivity index (χ3v) is 8.34. The molecular formula is C26H35N3O6S. The van der Waals surface area contributed by atoms with Gasteiger partial charge in [-0.05, 0) is 50.6 Å². The number of sulfonamides is 1. The second kappa shape index (κ2) is 11.0. The second-order valence-electron chi connectivity index (χ2n) is 9.68. The van der Waals surface area contributed by atoms with Gasteiger partial charge in [-0.15, -0.1) is 0 Å². The molecule has 9 nitrogen and oxygen atoms in total. The minimum atomic E-state index is -3.38. The average molecular weight is 518 g/mol. The maximum atomic E-state index is 12.8. The van der Waals surface area contributed by atoms with E-state index >= 15 is 0 Å². The Morgan fingerprint density at radius 2 is 1.81 bits per heavy atom. The molecule has 196 valence electrons. The zero-order valence-corrected chi connectivity index (χ0v) is 22.0. The van der Waals surface area contributed by atoms with Crippen LogP contribution in [-0.2, 0) is 21.2 Å². The van der Waals surface area contributed by atoms with E-state index < -0.39 is 10.0 Å². The Kier molecular flexibility index (Phi) is 7.94. The van der Waals surface area contributed by atoms with Gasteiger partial charge in [0.15, 0.2) is 18.1 Å². The molecule has 1 N–H and O–H groups in total. The zero-order valence-electron chi connectivity index (χ0n) is 21.2. The third-order valence-electron chi connectivity index (χ3n) is 6.38. The number of nitrogens with one attached hydrogen (secondary N) is 1. The molecule has 0 spiro atoms. The summed E-state index contributed by atoms with van der Waals surface area (Å²) in [6, 6.07) is 13.4. The van der Waals surface area contributed by atoms with E-state index in [1.54, 1.807) is 13.2 Å². The van der Waals surface area contributed by atoms with Crippen molar-refractivity contribution in [3.05, 3.63) is 48.0 Å². The molecule has 2 aliphatic rings. The molecular weight excluding hydrogens is 482 g/mol. The van der Waals surface area contributed by atoms with E-state index in [9.17, 15) is 13.2 Å². The maximum absolute atomic E-state index is 12.8. The Bertz CT molecular complexity index is 1160. The van der Waals surface area contributed by atoms with Crippen molar-refractivity contribution in [2.24, 2.45) is 0 Å². The van der Waals surface area contributed by atoms with Gasteiger partial charge in [0.05, 0.1) is 12.9 Å². The first kappa shape index (κ1) is 26.1. The van der Waals surface area contributed by atoms with Crippen LogP contribution in [-0.4, -0.2) is 76.4 Å². The standard InChI is InChI=1S/C26H35N3O6S/c1-26(2)18-20-6-4-7-23(25(20)35-26)34-19-24(30)27-12-5-17-36(31,32)29-15-13-28(14-16-29)21-8-10-22(33-3)11-9-21/h4,6-11H,5,12-19H2,1-3H3,(H,27,30). The molecule has 0 aromatic heterocycles.